The second-order valence-corrected chi connectivity index (χ2v) is 6.18. The van der Waals surface area contributed by atoms with Gasteiger partial charge in [-0.3, -0.25) is 4.79 Å². The molecule has 2 N–H and O–H groups in total. The van der Waals surface area contributed by atoms with Gasteiger partial charge in [0.05, 0.1) is 5.92 Å². The number of nitrogens with zero attached hydrogens (tertiary/aromatic N) is 1. The fraction of sp³-hybridized carbons (Fsp3) is 0.929. The number of hydrogen-bond acceptors (Lipinski definition) is 3. The van der Waals surface area contributed by atoms with Gasteiger partial charge in [-0.25, -0.2) is 0 Å². The van der Waals surface area contributed by atoms with Gasteiger partial charge in [-0.2, -0.15) is 0 Å². The molecule has 2 aliphatic rings. The predicted molar refractivity (Wildman–Crippen MR) is 73.5 cm³/mol. The third kappa shape index (κ3) is 2.69. The highest BCUT2D eigenvalue weighted by Gasteiger charge is 2.37. The van der Waals surface area contributed by atoms with Crippen molar-refractivity contribution >= 4 is 5.91 Å². The zero-order valence-electron chi connectivity index (χ0n) is 12.0. The molecule has 1 amide bonds. The van der Waals surface area contributed by atoms with Gasteiger partial charge in [-0.15, -0.1) is 0 Å². The summed E-state index contributed by atoms with van der Waals surface area (Å²) in [6.45, 7) is 3.88. The first kappa shape index (κ1) is 13.8. The van der Waals surface area contributed by atoms with E-state index in [1.807, 2.05) is 0 Å². The molecule has 1 heterocycles. The van der Waals surface area contributed by atoms with E-state index >= 15 is 0 Å². The van der Waals surface area contributed by atoms with Gasteiger partial charge in [0.1, 0.15) is 0 Å². The molecule has 1 aliphatic heterocycles. The van der Waals surface area contributed by atoms with Gasteiger partial charge in [0.15, 0.2) is 0 Å². The van der Waals surface area contributed by atoms with Gasteiger partial charge >= 0.3 is 0 Å². The van der Waals surface area contributed by atoms with Crippen LogP contribution in [0.15, 0.2) is 0 Å². The Bertz CT molecular complexity index is 297. The van der Waals surface area contributed by atoms with E-state index in [-0.39, 0.29) is 17.4 Å². The van der Waals surface area contributed by atoms with Gasteiger partial charge in [0, 0.05) is 18.1 Å². The third-order valence-corrected chi connectivity index (χ3v) is 4.94. The molecular weight excluding hydrogens is 226 g/mol. The molecule has 4 heteroatoms. The van der Waals surface area contributed by atoms with E-state index < -0.39 is 0 Å². The Kier molecular flexibility index (Phi) is 4.28. The van der Waals surface area contributed by atoms with Crippen LogP contribution in [-0.2, 0) is 4.79 Å². The molecule has 18 heavy (non-hydrogen) atoms. The van der Waals surface area contributed by atoms with Crippen molar-refractivity contribution < 1.29 is 4.79 Å². The summed E-state index contributed by atoms with van der Waals surface area (Å²) in [7, 11) is 4.27. The van der Waals surface area contributed by atoms with Gasteiger partial charge in [-0.05, 0) is 46.8 Å². The molecule has 0 radical (unpaired) electrons. The number of carbonyl (C=O) groups excluding carboxylic acids is 1. The number of nitrogens with one attached hydrogen (secondary N) is 2. The SMILES string of the molecule is CC1NCCC1C(=O)NCC1(N(C)C)CCCC1. The lowest BCUT2D eigenvalue weighted by molar-refractivity contribution is -0.125. The molecule has 2 fully saturated rings. The Balaban J connectivity index is 1.88. The van der Waals surface area contributed by atoms with Crippen molar-refractivity contribution in [2.45, 2.75) is 50.6 Å². The zero-order valence-corrected chi connectivity index (χ0v) is 12.0. The molecule has 0 aromatic heterocycles. The van der Waals surface area contributed by atoms with Crippen LogP contribution in [0.5, 0.6) is 0 Å². The van der Waals surface area contributed by atoms with Crippen LogP contribution in [0, 0.1) is 5.92 Å². The standard InChI is InChI=1S/C14H27N3O/c1-11-12(6-9-15-11)13(18)16-10-14(17(2)3)7-4-5-8-14/h11-12,15H,4-10H2,1-3H3,(H,16,18). The first-order chi connectivity index (χ1) is 8.55. The van der Waals surface area contributed by atoms with Crippen molar-refractivity contribution in [1.82, 2.24) is 15.5 Å². The molecule has 4 nitrogen and oxygen atoms in total. The van der Waals surface area contributed by atoms with Crippen LogP contribution in [0.4, 0.5) is 0 Å². The average Bonchev–Trinajstić information content (AvgIpc) is 2.95. The number of amides is 1. The number of hydrogen-bond donors (Lipinski definition) is 2. The van der Waals surface area contributed by atoms with Gasteiger partial charge in [-0.1, -0.05) is 12.8 Å². The van der Waals surface area contributed by atoms with Crippen molar-refractivity contribution in [1.29, 1.82) is 0 Å². The fourth-order valence-corrected chi connectivity index (χ4v) is 3.41. The molecule has 2 atom stereocenters. The highest BCUT2D eigenvalue weighted by atomic mass is 16.1. The molecule has 0 aromatic carbocycles. The Labute approximate surface area is 110 Å². The van der Waals surface area contributed by atoms with Gasteiger partial charge in [0.2, 0.25) is 5.91 Å². The van der Waals surface area contributed by atoms with Gasteiger partial charge < -0.3 is 15.5 Å². The van der Waals surface area contributed by atoms with Crippen molar-refractivity contribution in [3.8, 4) is 0 Å². The Morgan fingerprint density at radius 3 is 2.56 bits per heavy atom. The number of rotatable bonds is 4. The second kappa shape index (κ2) is 5.57. The fourth-order valence-electron chi connectivity index (χ4n) is 3.41. The summed E-state index contributed by atoms with van der Waals surface area (Å²) in [5.74, 6) is 0.395. The Morgan fingerprint density at radius 1 is 1.39 bits per heavy atom. The van der Waals surface area contributed by atoms with Crippen molar-refractivity contribution in [3.63, 3.8) is 0 Å². The smallest absolute Gasteiger partial charge is 0.224 e. The summed E-state index contributed by atoms with van der Waals surface area (Å²) in [5, 5.41) is 6.54. The summed E-state index contributed by atoms with van der Waals surface area (Å²) >= 11 is 0. The molecule has 2 unspecified atom stereocenters. The quantitative estimate of drug-likeness (QED) is 0.785. The van der Waals surface area contributed by atoms with E-state index in [1.54, 1.807) is 0 Å². The maximum absolute atomic E-state index is 12.2. The minimum absolute atomic E-state index is 0.158. The average molecular weight is 253 g/mol. The summed E-state index contributed by atoms with van der Waals surface area (Å²) < 4.78 is 0. The number of likely N-dealkylation sites (N-methyl/N-ethyl adjacent to an activating group) is 1. The molecule has 104 valence electrons. The van der Waals surface area contributed by atoms with Crippen LogP contribution in [0.2, 0.25) is 0 Å². The maximum Gasteiger partial charge on any atom is 0.224 e. The molecule has 2 rings (SSSR count). The highest BCUT2D eigenvalue weighted by Crippen LogP contribution is 2.33. The third-order valence-electron chi connectivity index (χ3n) is 4.94. The molecule has 0 bridgehead atoms. The van der Waals surface area contributed by atoms with E-state index in [1.165, 1.54) is 25.7 Å². The lowest BCUT2D eigenvalue weighted by Gasteiger charge is -2.36. The first-order valence-corrected chi connectivity index (χ1v) is 7.24. The largest absolute Gasteiger partial charge is 0.354 e. The van der Waals surface area contributed by atoms with Gasteiger partial charge in [0.25, 0.3) is 0 Å². The van der Waals surface area contributed by atoms with Crippen LogP contribution in [0.25, 0.3) is 0 Å². The van der Waals surface area contributed by atoms with Crippen LogP contribution in [0.3, 0.4) is 0 Å². The molecule has 1 saturated heterocycles. The minimum Gasteiger partial charge on any atom is -0.354 e. The Hall–Kier alpha value is -0.610. The van der Waals surface area contributed by atoms with Crippen molar-refractivity contribution in [2.75, 3.05) is 27.2 Å². The molecule has 1 saturated carbocycles. The van der Waals surface area contributed by atoms with E-state index in [4.69, 9.17) is 0 Å². The van der Waals surface area contributed by atoms with Crippen molar-refractivity contribution in [3.05, 3.63) is 0 Å². The Morgan fingerprint density at radius 2 is 2.06 bits per heavy atom. The summed E-state index contributed by atoms with van der Waals surface area (Å²) in [6, 6.07) is 0.323. The van der Waals surface area contributed by atoms with E-state index in [0.717, 1.165) is 19.5 Å². The summed E-state index contributed by atoms with van der Waals surface area (Å²) in [5.41, 5.74) is 0.199. The number of carbonyl (C=O) groups is 1. The van der Waals surface area contributed by atoms with E-state index in [2.05, 4.69) is 36.6 Å². The van der Waals surface area contributed by atoms with Crippen LogP contribution in [-0.4, -0.2) is 49.6 Å². The maximum atomic E-state index is 12.2. The molecule has 0 spiro atoms. The monoisotopic (exact) mass is 253 g/mol. The van der Waals surface area contributed by atoms with E-state index in [0.29, 0.717) is 6.04 Å². The lowest BCUT2D eigenvalue weighted by atomic mass is 9.95. The minimum atomic E-state index is 0.158. The van der Waals surface area contributed by atoms with Crippen LogP contribution in [0.1, 0.15) is 39.0 Å². The van der Waals surface area contributed by atoms with Crippen LogP contribution < -0.4 is 10.6 Å². The molecule has 0 aromatic rings. The predicted octanol–water partition coefficient (Wildman–Crippen LogP) is 0.975. The normalized spacial score (nSPS) is 30.9. The molecular formula is C14H27N3O. The lowest BCUT2D eigenvalue weighted by Crippen LogP contribution is -2.52. The zero-order chi connectivity index (χ0) is 13.2. The van der Waals surface area contributed by atoms with Crippen LogP contribution >= 0.6 is 0 Å². The first-order valence-electron chi connectivity index (χ1n) is 7.24. The summed E-state index contributed by atoms with van der Waals surface area (Å²) in [6.07, 6.45) is 5.96. The molecule has 1 aliphatic carbocycles. The van der Waals surface area contributed by atoms with Crippen molar-refractivity contribution in [2.24, 2.45) is 5.92 Å². The van der Waals surface area contributed by atoms with E-state index in [9.17, 15) is 4.79 Å². The highest BCUT2D eigenvalue weighted by molar-refractivity contribution is 5.79. The summed E-state index contributed by atoms with van der Waals surface area (Å²) in [4.78, 5) is 14.5. The second-order valence-electron chi connectivity index (χ2n) is 6.18. The topological polar surface area (TPSA) is 44.4 Å².